The number of thioether (sulfide) groups is 1. The van der Waals surface area contributed by atoms with Crippen molar-refractivity contribution in [3.05, 3.63) is 93.7 Å². The van der Waals surface area contributed by atoms with Crippen LogP contribution in [-0.4, -0.2) is 19.8 Å². The highest BCUT2D eigenvalue weighted by atomic mass is 127. The van der Waals surface area contributed by atoms with Gasteiger partial charge in [0.15, 0.2) is 6.54 Å². The minimum atomic E-state index is 0. The lowest BCUT2D eigenvalue weighted by Gasteiger charge is -2.27. The van der Waals surface area contributed by atoms with E-state index in [4.69, 9.17) is 9.47 Å². The van der Waals surface area contributed by atoms with Crippen LogP contribution in [0.25, 0.3) is 16.0 Å². The smallest absolute Gasteiger partial charge is 0.305 e. The van der Waals surface area contributed by atoms with Crippen molar-refractivity contribution in [1.29, 1.82) is 0 Å². The lowest BCUT2D eigenvalue weighted by atomic mass is 10.2. The van der Waals surface area contributed by atoms with Crippen molar-refractivity contribution >= 4 is 44.8 Å². The third kappa shape index (κ3) is 3.78. The van der Waals surface area contributed by atoms with Gasteiger partial charge in [0.2, 0.25) is 11.3 Å². The first-order valence-corrected chi connectivity index (χ1v) is 13.1. The number of hydrogen-bond acceptors (Lipinski definition) is 5. The summed E-state index contributed by atoms with van der Waals surface area (Å²) in [4.78, 5) is 3.71. The van der Waals surface area contributed by atoms with E-state index in [1.54, 1.807) is 0 Å². The van der Waals surface area contributed by atoms with Gasteiger partial charge in [-0.15, -0.1) is 0 Å². The molecular weight excluding hydrogens is 575 g/mol. The highest BCUT2D eigenvalue weighted by molar-refractivity contribution is 8.03. The number of halogens is 1. The summed E-state index contributed by atoms with van der Waals surface area (Å²) in [5.74, 6) is 2.00. The summed E-state index contributed by atoms with van der Waals surface area (Å²) < 4.78 is 15.9. The van der Waals surface area contributed by atoms with Gasteiger partial charge >= 0.3 is 5.01 Å². The maximum Gasteiger partial charge on any atom is 0.305 e. The van der Waals surface area contributed by atoms with Crippen LogP contribution in [0.1, 0.15) is 17.8 Å². The Morgan fingerprint density at radius 3 is 2.79 bits per heavy atom. The van der Waals surface area contributed by atoms with Crippen LogP contribution < -0.4 is 33.4 Å². The first kappa shape index (κ1) is 22.2. The topological polar surface area (TPSA) is 25.6 Å². The number of ether oxygens (including phenoxy) is 2. The molecule has 0 fully saturated rings. The fourth-order valence-electron chi connectivity index (χ4n) is 4.94. The standard InChI is InChI=1S/C27H23N2O2S2.HI/c1-3-7-24-20(5-1)28-11-13-30-22(26(28)32-24)16-18-9-10-19(15-18)17-23-27-29(12-14-31-23)21-6-2-4-8-25(21)33-27;/h1-8,15-17H,9-14H2;1H/q+1;/p-1. The van der Waals surface area contributed by atoms with Crippen molar-refractivity contribution in [2.24, 2.45) is 0 Å². The molecule has 0 N–H and O–H groups in total. The van der Waals surface area contributed by atoms with Gasteiger partial charge < -0.3 is 38.4 Å². The molecule has 7 heteroatoms. The van der Waals surface area contributed by atoms with E-state index in [1.807, 2.05) is 23.1 Å². The number of aromatic nitrogens is 1. The molecule has 0 spiro atoms. The molecule has 0 saturated carbocycles. The van der Waals surface area contributed by atoms with Gasteiger partial charge in [-0.2, -0.15) is 4.57 Å². The molecule has 0 bridgehead atoms. The van der Waals surface area contributed by atoms with Gasteiger partial charge in [-0.3, -0.25) is 0 Å². The zero-order valence-electron chi connectivity index (χ0n) is 18.5. The quantitative estimate of drug-likeness (QED) is 0.335. The average Bonchev–Trinajstić information content (AvgIpc) is 3.55. The van der Waals surface area contributed by atoms with Crippen molar-refractivity contribution in [3.63, 3.8) is 0 Å². The summed E-state index contributed by atoms with van der Waals surface area (Å²) in [5, 5.41) is 2.44. The first-order valence-electron chi connectivity index (χ1n) is 11.4. The van der Waals surface area contributed by atoms with Crippen LogP contribution in [-0.2, 0) is 16.0 Å². The number of thiazole rings is 1. The Labute approximate surface area is 224 Å². The predicted octanol–water partition coefficient (Wildman–Crippen LogP) is 3.02. The summed E-state index contributed by atoms with van der Waals surface area (Å²) in [5.41, 5.74) is 5.25. The van der Waals surface area contributed by atoms with E-state index in [9.17, 15) is 0 Å². The molecule has 0 saturated heterocycles. The van der Waals surface area contributed by atoms with Gasteiger partial charge in [0.1, 0.15) is 28.7 Å². The molecule has 0 radical (unpaired) electrons. The summed E-state index contributed by atoms with van der Waals surface area (Å²) in [6.07, 6.45) is 8.86. The van der Waals surface area contributed by atoms with Gasteiger partial charge in [-0.05, 0) is 54.3 Å². The summed E-state index contributed by atoms with van der Waals surface area (Å²) in [6, 6.07) is 17.2. The second-order valence-electron chi connectivity index (χ2n) is 8.56. The molecule has 172 valence electrons. The third-order valence-corrected chi connectivity index (χ3v) is 8.85. The van der Waals surface area contributed by atoms with Crippen molar-refractivity contribution in [2.45, 2.75) is 24.3 Å². The molecule has 3 aromatic rings. The Kier molecular flexibility index (Phi) is 5.95. The van der Waals surface area contributed by atoms with Crippen LogP contribution in [0, 0.1) is 0 Å². The van der Waals surface area contributed by atoms with Crippen LogP contribution >= 0.6 is 23.1 Å². The van der Waals surface area contributed by atoms with Gasteiger partial charge in [0.05, 0.1) is 12.2 Å². The molecule has 7 rings (SSSR count). The van der Waals surface area contributed by atoms with Crippen molar-refractivity contribution in [1.82, 2.24) is 0 Å². The summed E-state index contributed by atoms with van der Waals surface area (Å²) >= 11 is 3.63. The molecule has 1 aliphatic carbocycles. The van der Waals surface area contributed by atoms with E-state index in [-0.39, 0.29) is 24.0 Å². The molecule has 4 heterocycles. The van der Waals surface area contributed by atoms with Crippen molar-refractivity contribution in [2.75, 3.05) is 24.7 Å². The summed E-state index contributed by atoms with van der Waals surface area (Å²) in [7, 11) is 0. The SMILES string of the molecule is C1=C(C=C2OCC[n+]3c2sc2ccccc23)CCC1=CC1=C2Sc3ccccc3N2CCO1.[I-]. The zero-order chi connectivity index (χ0) is 21.8. The Balaban J connectivity index is 0.00000217. The highest BCUT2D eigenvalue weighted by Gasteiger charge is 2.32. The number of hydrogen-bond donors (Lipinski definition) is 0. The number of para-hydroxylation sites is 2. The number of fused-ring (bicyclic) bond motifs is 6. The second-order valence-corrected chi connectivity index (χ2v) is 10.6. The van der Waals surface area contributed by atoms with Gasteiger partial charge in [-0.1, -0.05) is 53.4 Å². The van der Waals surface area contributed by atoms with E-state index in [0.717, 1.165) is 50.7 Å². The van der Waals surface area contributed by atoms with Crippen molar-refractivity contribution < 1.29 is 38.0 Å². The van der Waals surface area contributed by atoms with E-state index >= 15 is 0 Å². The van der Waals surface area contributed by atoms with E-state index < -0.39 is 0 Å². The van der Waals surface area contributed by atoms with Crippen molar-refractivity contribution in [3.8, 4) is 0 Å². The van der Waals surface area contributed by atoms with Crippen LogP contribution in [0.4, 0.5) is 5.69 Å². The molecule has 0 unspecified atom stereocenters. The van der Waals surface area contributed by atoms with E-state index in [2.05, 4.69) is 76.2 Å². The lowest BCUT2D eigenvalue weighted by molar-refractivity contribution is -0.677. The molecule has 0 amide bonds. The molecule has 4 aliphatic rings. The van der Waals surface area contributed by atoms with Gasteiger partial charge in [0, 0.05) is 11.0 Å². The number of benzene rings is 2. The molecule has 4 nitrogen and oxygen atoms in total. The fraction of sp³-hybridized carbons (Fsp3) is 0.222. The summed E-state index contributed by atoms with van der Waals surface area (Å²) in [6.45, 7) is 3.26. The lowest BCUT2D eigenvalue weighted by Crippen LogP contribution is -3.00. The number of nitrogens with zero attached hydrogens (tertiary/aromatic N) is 2. The minimum Gasteiger partial charge on any atom is -1.00 e. The molecule has 0 atom stereocenters. The largest absolute Gasteiger partial charge is 1.00 e. The molecule has 2 aromatic carbocycles. The van der Waals surface area contributed by atoms with E-state index in [0.29, 0.717) is 0 Å². The van der Waals surface area contributed by atoms with Crippen LogP contribution in [0.3, 0.4) is 0 Å². The molecular formula is C27H23IN2O2S2. The second kappa shape index (κ2) is 9.09. The third-order valence-electron chi connectivity index (χ3n) is 6.49. The maximum absolute atomic E-state index is 6.12. The maximum atomic E-state index is 6.12. The Bertz CT molecular complexity index is 1420. The minimum absolute atomic E-state index is 0. The average molecular weight is 599 g/mol. The normalized spacial score (nSPS) is 21.1. The van der Waals surface area contributed by atoms with Gasteiger partial charge in [0.25, 0.3) is 0 Å². The zero-order valence-corrected chi connectivity index (χ0v) is 22.3. The van der Waals surface area contributed by atoms with E-state index in [1.165, 1.54) is 42.0 Å². The highest BCUT2D eigenvalue weighted by Crippen LogP contribution is 2.48. The molecule has 34 heavy (non-hydrogen) atoms. The van der Waals surface area contributed by atoms with Crippen LogP contribution in [0.2, 0.25) is 0 Å². The number of anilines is 1. The monoisotopic (exact) mass is 598 g/mol. The number of rotatable bonds is 2. The Hall–Kier alpha value is -2.23. The fourth-order valence-corrected chi connectivity index (χ4v) is 7.25. The Morgan fingerprint density at radius 2 is 1.82 bits per heavy atom. The predicted molar refractivity (Wildman–Crippen MR) is 134 cm³/mol. The molecule has 3 aliphatic heterocycles. The number of allylic oxidation sites excluding steroid dienone is 5. The van der Waals surface area contributed by atoms with Gasteiger partial charge in [-0.25, -0.2) is 0 Å². The van der Waals surface area contributed by atoms with Crippen LogP contribution in [0.15, 0.2) is 93.6 Å². The first-order chi connectivity index (χ1) is 16.3. The van der Waals surface area contributed by atoms with Crippen LogP contribution in [0.5, 0.6) is 0 Å². The molecule has 1 aromatic heterocycles. The Morgan fingerprint density at radius 1 is 0.941 bits per heavy atom.